The maximum Gasteiger partial charge on any atom is 0.166 e. The van der Waals surface area contributed by atoms with Crippen LogP contribution >= 0.6 is 0 Å². The highest BCUT2D eigenvalue weighted by Gasteiger charge is 2.40. The van der Waals surface area contributed by atoms with Gasteiger partial charge in [0.15, 0.2) is 5.78 Å². The van der Waals surface area contributed by atoms with Crippen molar-refractivity contribution >= 4 is 16.6 Å². The summed E-state index contributed by atoms with van der Waals surface area (Å²) in [5.41, 5.74) is 1.11. The van der Waals surface area contributed by atoms with Gasteiger partial charge in [0.25, 0.3) is 0 Å². The van der Waals surface area contributed by atoms with E-state index >= 15 is 0 Å². The van der Waals surface area contributed by atoms with Crippen molar-refractivity contribution in [3.05, 3.63) is 35.1 Å². The van der Waals surface area contributed by atoms with Gasteiger partial charge < -0.3 is 0 Å². The van der Waals surface area contributed by atoms with Crippen molar-refractivity contribution in [1.29, 1.82) is 0 Å². The van der Waals surface area contributed by atoms with Gasteiger partial charge in [-0.25, -0.2) is 4.39 Å². The number of carbonyl (C=O) groups is 1. The summed E-state index contributed by atoms with van der Waals surface area (Å²) in [6, 6.07) is 4.58. The number of carbonyl (C=O) groups excluding carboxylic acids is 1. The summed E-state index contributed by atoms with van der Waals surface area (Å²) < 4.78 is 25.5. The van der Waals surface area contributed by atoms with Crippen molar-refractivity contribution in [2.45, 2.75) is 49.5 Å². The minimum Gasteiger partial charge on any atom is -0.294 e. The maximum absolute atomic E-state index is 13.3. The largest absolute Gasteiger partial charge is 0.294 e. The van der Waals surface area contributed by atoms with Crippen LogP contribution in [0.1, 0.15) is 48.0 Å². The van der Waals surface area contributed by atoms with Crippen molar-refractivity contribution < 1.29 is 13.4 Å². The molecule has 0 amide bonds. The van der Waals surface area contributed by atoms with Crippen LogP contribution in [-0.2, 0) is 10.8 Å². The molecule has 0 aliphatic carbocycles. The summed E-state index contributed by atoms with van der Waals surface area (Å²) in [7, 11) is -0.750. The van der Waals surface area contributed by atoms with Crippen LogP contribution in [0, 0.1) is 18.7 Å². The molecule has 3 rings (SSSR count). The Kier molecular flexibility index (Phi) is 3.76. The molecule has 2 nitrogen and oxygen atoms in total. The van der Waals surface area contributed by atoms with E-state index in [1.165, 1.54) is 6.07 Å². The average Bonchev–Trinajstić information content (AvgIpc) is 2.41. The predicted octanol–water partition coefficient (Wildman–Crippen LogP) is 3.40. The highest BCUT2D eigenvalue weighted by atomic mass is 32.2. The molecule has 2 aliphatic rings. The van der Waals surface area contributed by atoms with Gasteiger partial charge in [-0.3, -0.25) is 9.00 Å². The third-order valence-electron chi connectivity index (χ3n) is 4.62. The topological polar surface area (TPSA) is 34.1 Å². The average molecular weight is 294 g/mol. The molecule has 4 heteroatoms. The van der Waals surface area contributed by atoms with Crippen LogP contribution in [0.25, 0.3) is 0 Å². The van der Waals surface area contributed by atoms with E-state index in [1.54, 1.807) is 19.1 Å². The Bertz CT molecular complexity index is 554. The second-order valence-electron chi connectivity index (χ2n) is 6.00. The molecule has 2 saturated heterocycles. The normalized spacial score (nSPS) is 32.9. The monoisotopic (exact) mass is 294 g/mol. The summed E-state index contributed by atoms with van der Waals surface area (Å²) in [5.74, 6) is -0.210. The second kappa shape index (κ2) is 5.40. The number of hydrogen-bond acceptors (Lipinski definition) is 2. The quantitative estimate of drug-likeness (QED) is 0.783. The highest BCUT2D eigenvalue weighted by Crippen LogP contribution is 2.38. The first-order valence-corrected chi connectivity index (χ1v) is 8.53. The van der Waals surface area contributed by atoms with Crippen molar-refractivity contribution in [3.8, 4) is 0 Å². The number of benzene rings is 1. The van der Waals surface area contributed by atoms with Crippen molar-refractivity contribution in [2.24, 2.45) is 5.92 Å². The molecule has 0 radical (unpaired) electrons. The molecule has 2 unspecified atom stereocenters. The molecule has 1 aromatic carbocycles. The van der Waals surface area contributed by atoms with Gasteiger partial charge in [0, 0.05) is 32.8 Å². The third kappa shape index (κ3) is 2.46. The molecule has 2 atom stereocenters. The Morgan fingerprint density at radius 2 is 1.90 bits per heavy atom. The summed E-state index contributed by atoms with van der Waals surface area (Å²) in [6.45, 7) is 1.68. The standard InChI is InChI=1S/C16H19FO2S/c1-10-7-11(5-6-15(10)17)16(18)12-8-13-3-2-4-14(9-12)20(13)19/h5-7,12-14H,2-4,8-9H2,1H3. The number of fused-ring (bicyclic) bond motifs is 2. The van der Waals surface area contributed by atoms with Gasteiger partial charge in [0.1, 0.15) is 5.82 Å². The fourth-order valence-corrected chi connectivity index (χ4v) is 5.67. The van der Waals surface area contributed by atoms with E-state index < -0.39 is 10.8 Å². The lowest BCUT2D eigenvalue weighted by atomic mass is 9.84. The lowest BCUT2D eigenvalue weighted by Crippen LogP contribution is -2.41. The van der Waals surface area contributed by atoms with Crippen molar-refractivity contribution in [1.82, 2.24) is 0 Å². The molecule has 20 heavy (non-hydrogen) atoms. The van der Waals surface area contributed by atoms with E-state index in [2.05, 4.69) is 0 Å². The molecule has 0 spiro atoms. The van der Waals surface area contributed by atoms with Gasteiger partial charge in [-0.1, -0.05) is 6.42 Å². The van der Waals surface area contributed by atoms with E-state index in [9.17, 15) is 13.4 Å². The predicted molar refractivity (Wildman–Crippen MR) is 77.8 cm³/mol. The number of ketones is 1. The Morgan fingerprint density at radius 3 is 2.50 bits per heavy atom. The van der Waals surface area contributed by atoms with Gasteiger partial charge in [0.05, 0.1) is 0 Å². The van der Waals surface area contributed by atoms with E-state index in [0.717, 1.165) is 32.1 Å². The van der Waals surface area contributed by atoms with E-state index in [0.29, 0.717) is 11.1 Å². The number of hydrogen-bond donors (Lipinski definition) is 0. The summed E-state index contributed by atoms with van der Waals surface area (Å²) in [4.78, 5) is 12.6. The molecule has 2 bridgehead atoms. The minimum absolute atomic E-state index is 0.0344. The van der Waals surface area contributed by atoms with Crippen LogP contribution in [0.2, 0.25) is 0 Å². The third-order valence-corrected chi connectivity index (χ3v) is 6.79. The molecule has 108 valence electrons. The lowest BCUT2D eigenvalue weighted by molar-refractivity contribution is 0.0895. The summed E-state index contributed by atoms with van der Waals surface area (Å²) >= 11 is 0. The Hall–Kier alpha value is -1.03. The highest BCUT2D eigenvalue weighted by molar-refractivity contribution is 7.86. The first-order valence-electron chi connectivity index (χ1n) is 7.26. The molecular formula is C16H19FO2S. The summed E-state index contributed by atoms with van der Waals surface area (Å²) in [5, 5.41) is 0.385. The number of aryl methyl sites for hydroxylation is 1. The molecule has 1 aromatic rings. The molecule has 2 fully saturated rings. The second-order valence-corrected chi connectivity index (χ2v) is 7.99. The van der Waals surface area contributed by atoms with Crippen LogP contribution in [0.5, 0.6) is 0 Å². The van der Waals surface area contributed by atoms with Crippen LogP contribution < -0.4 is 0 Å². The molecular weight excluding hydrogens is 275 g/mol. The fourth-order valence-electron chi connectivity index (χ4n) is 3.48. The smallest absolute Gasteiger partial charge is 0.166 e. The van der Waals surface area contributed by atoms with Gasteiger partial charge in [-0.05, 0) is 56.4 Å². The Balaban J connectivity index is 1.81. The van der Waals surface area contributed by atoms with Gasteiger partial charge in [-0.2, -0.15) is 0 Å². The number of rotatable bonds is 2. The maximum atomic E-state index is 13.3. The molecule has 2 heterocycles. The zero-order chi connectivity index (χ0) is 14.3. The number of halogens is 1. The van der Waals surface area contributed by atoms with Crippen molar-refractivity contribution in [2.75, 3.05) is 0 Å². The van der Waals surface area contributed by atoms with Crippen LogP contribution in [0.15, 0.2) is 18.2 Å². The lowest BCUT2D eigenvalue weighted by Gasteiger charge is -2.37. The van der Waals surface area contributed by atoms with Crippen molar-refractivity contribution in [3.63, 3.8) is 0 Å². The van der Waals surface area contributed by atoms with Gasteiger partial charge in [0.2, 0.25) is 0 Å². The molecule has 2 aliphatic heterocycles. The molecule has 0 N–H and O–H groups in total. The van der Waals surface area contributed by atoms with Crippen LogP contribution in [0.3, 0.4) is 0 Å². The Labute approximate surface area is 121 Å². The molecule has 0 aromatic heterocycles. The zero-order valence-corrected chi connectivity index (χ0v) is 12.4. The minimum atomic E-state index is -0.750. The first kappa shape index (κ1) is 13.9. The molecule has 0 saturated carbocycles. The number of Topliss-reactive ketones (excluding diaryl/α,β-unsaturated/α-hetero) is 1. The zero-order valence-electron chi connectivity index (χ0n) is 11.6. The van der Waals surface area contributed by atoms with E-state index in [-0.39, 0.29) is 28.0 Å². The van der Waals surface area contributed by atoms with Crippen LogP contribution in [-0.4, -0.2) is 20.5 Å². The summed E-state index contributed by atoms with van der Waals surface area (Å²) in [6.07, 6.45) is 4.57. The van der Waals surface area contributed by atoms with Gasteiger partial charge >= 0.3 is 0 Å². The Morgan fingerprint density at radius 1 is 1.25 bits per heavy atom. The SMILES string of the molecule is Cc1cc(C(=O)C2CC3CCCC(C2)S3=O)ccc1F. The van der Waals surface area contributed by atoms with E-state index in [4.69, 9.17) is 0 Å². The van der Waals surface area contributed by atoms with Crippen LogP contribution in [0.4, 0.5) is 4.39 Å². The van der Waals surface area contributed by atoms with Gasteiger partial charge in [-0.15, -0.1) is 0 Å². The van der Waals surface area contributed by atoms with E-state index in [1.807, 2.05) is 0 Å². The fraction of sp³-hybridized carbons (Fsp3) is 0.562. The first-order chi connectivity index (χ1) is 9.56.